The molecule has 192 valence electrons. The van der Waals surface area contributed by atoms with Crippen LogP contribution in [-0.4, -0.2) is 62.2 Å². The summed E-state index contributed by atoms with van der Waals surface area (Å²) < 4.78 is 28.3. The number of carbonyl (C=O) groups is 2. The van der Waals surface area contributed by atoms with Crippen LogP contribution < -0.4 is 9.62 Å². The lowest BCUT2D eigenvalue weighted by atomic mass is 10.1. The minimum atomic E-state index is -4.00. The Balaban J connectivity index is 2.51. The van der Waals surface area contributed by atoms with E-state index in [4.69, 9.17) is 23.2 Å². The molecule has 0 aliphatic carbocycles. The first kappa shape index (κ1) is 28.9. The van der Waals surface area contributed by atoms with Crippen molar-refractivity contribution in [2.75, 3.05) is 24.9 Å². The Morgan fingerprint density at radius 1 is 1.03 bits per heavy atom. The van der Waals surface area contributed by atoms with E-state index in [1.54, 1.807) is 55.5 Å². The second-order valence-corrected chi connectivity index (χ2v) is 11.4. The van der Waals surface area contributed by atoms with Gasteiger partial charge in [0, 0.05) is 36.7 Å². The van der Waals surface area contributed by atoms with E-state index in [1.165, 1.54) is 19.0 Å². The standard InChI is InChI=1S/C24H32Cl2N4O4S/c1-6-22(24(32)27-17(2)3)29(15-18-12-13-19(25)14-21(18)26)23(31)16-30(35(33,34)28(4)5)20-10-8-7-9-11-20/h7-14,17,22H,6,15-16H2,1-5H3,(H,27,32)/t22-/m1/s1. The third kappa shape index (κ3) is 7.57. The zero-order chi connectivity index (χ0) is 26.3. The summed E-state index contributed by atoms with van der Waals surface area (Å²) in [6.45, 7) is 4.95. The molecule has 1 atom stereocenters. The van der Waals surface area contributed by atoms with E-state index >= 15 is 0 Å². The van der Waals surface area contributed by atoms with Crippen molar-refractivity contribution in [2.24, 2.45) is 0 Å². The molecule has 8 nitrogen and oxygen atoms in total. The number of benzene rings is 2. The van der Waals surface area contributed by atoms with Gasteiger partial charge >= 0.3 is 10.2 Å². The predicted octanol–water partition coefficient (Wildman–Crippen LogP) is 3.94. The fourth-order valence-electron chi connectivity index (χ4n) is 3.44. The van der Waals surface area contributed by atoms with Gasteiger partial charge in [0.2, 0.25) is 11.8 Å². The van der Waals surface area contributed by atoms with Gasteiger partial charge in [-0.15, -0.1) is 0 Å². The van der Waals surface area contributed by atoms with E-state index < -0.39 is 28.7 Å². The Bertz CT molecular complexity index is 1130. The highest BCUT2D eigenvalue weighted by Gasteiger charge is 2.34. The van der Waals surface area contributed by atoms with Gasteiger partial charge in [0.25, 0.3) is 0 Å². The van der Waals surface area contributed by atoms with Crippen LogP contribution in [0.2, 0.25) is 10.0 Å². The molecule has 2 amide bonds. The van der Waals surface area contributed by atoms with Crippen LogP contribution in [0.3, 0.4) is 0 Å². The molecule has 0 saturated carbocycles. The fourth-order valence-corrected chi connectivity index (χ4v) is 4.97. The number of anilines is 1. The minimum absolute atomic E-state index is 0.00347. The van der Waals surface area contributed by atoms with Crippen LogP contribution in [0.25, 0.3) is 0 Å². The van der Waals surface area contributed by atoms with Gasteiger partial charge in [0.15, 0.2) is 0 Å². The molecule has 0 radical (unpaired) electrons. The summed E-state index contributed by atoms with van der Waals surface area (Å²) in [7, 11) is -1.21. The Hall–Kier alpha value is -2.33. The number of carbonyl (C=O) groups excluding carboxylic acids is 2. The normalized spacial score (nSPS) is 12.5. The third-order valence-corrected chi connectivity index (χ3v) is 7.64. The molecule has 0 aromatic heterocycles. The summed E-state index contributed by atoms with van der Waals surface area (Å²) in [4.78, 5) is 28.1. The van der Waals surface area contributed by atoms with Gasteiger partial charge in [-0.1, -0.05) is 54.4 Å². The second kappa shape index (κ2) is 12.6. The van der Waals surface area contributed by atoms with Crippen LogP contribution in [0, 0.1) is 0 Å². The van der Waals surface area contributed by atoms with Crippen LogP contribution in [-0.2, 0) is 26.3 Å². The first-order valence-electron chi connectivity index (χ1n) is 11.2. The highest BCUT2D eigenvalue weighted by atomic mass is 35.5. The number of hydrogen-bond acceptors (Lipinski definition) is 4. The molecule has 0 heterocycles. The van der Waals surface area contributed by atoms with Crippen molar-refractivity contribution >= 4 is 50.9 Å². The van der Waals surface area contributed by atoms with Crippen LogP contribution in [0.4, 0.5) is 5.69 Å². The van der Waals surface area contributed by atoms with Crippen molar-refractivity contribution in [3.05, 3.63) is 64.1 Å². The lowest BCUT2D eigenvalue weighted by Gasteiger charge is -2.34. The molecular weight excluding hydrogens is 511 g/mol. The maximum absolute atomic E-state index is 13.7. The SMILES string of the molecule is CC[C@H](C(=O)NC(C)C)N(Cc1ccc(Cl)cc1Cl)C(=O)CN(c1ccccc1)S(=O)(=O)N(C)C. The number of nitrogens with zero attached hydrogens (tertiary/aromatic N) is 3. The van der Waals surface area contributed by atoms with E-state index in [0.29, 0.717) is 27.7 Å². The molecule has 0 aliphatic heterocycles. The Kier molecular flexibility index (Phi) is 10.4. The lowest BCUT2D eigenvalue weighted by molar-refractivity contribution is -0.140. The van der Waals surface area contributed by atoms with Gasteiger partial charge in [-0.05, 0) is 50.1 Å². The van der Waals surface area contributed by atoms with E-state index in [2.05, 4.69) is 5.32 Å². The minimum Gasteiger partial charge on any atom is -0.352 e. The first-order valence-corrected chi connectivity index (χ1v) is 13.3. The van der Waals surface area contributed by atoms with Crippen molar-refractivity contribution in [3.63, 3.8) is 0 Å². The molecule has 0 saturated heterocycles. The Morgan fingerprint density at radius 2 is 1.66 bits per heavy atom. The molecule has 35 heavy (non-hydrogen) atoms. The van der Waals surface area contributed by atoms with Crippen molar-refractivity contribution < 1.29 is 18.0 Å². The predicted molar refractivity (Wildman–Crippen MR) is 141 cm³/mol. The Labute approximate surface area is 218 Å². The maximum atomic E-state index is 13.7. The number of para-hydroxylation sites is 1. The van der Waals surface area contributed by atoms with Gasteiger partial charge in [0.1, 0.15) is 12.6 Å². The van der Waals surface area contributed by atoms with E-state index in [1.807, 2.05) is 13.8 Å². The summed E-state index contributed by atoms with van der Waals surface area (Å²) >= 11 is 12.4. The summed E-state index contributed by atoms with van der Waals surface area (Å²) in [5.74, 6) is -0.876. The van der Waals surface area contributed by atoms with Crippen molar-refractivity contribution in [1.82, 2.24) is 14.5 Å². The van der Waals surface area contributed by atoms with E-state index in [0.717, 1.165) is 8.61 Å². The molecule has 11 heteroatoms. The van der Waals surface area contributed by atoms with Gasteiger partial charge < -0.3 is 10.2 Å². The van der Waals surface area contributed by atoms with Gasteiger partial charge in [-0.25, -0.2) is 4.31 Å². The van der Waals surface area contributed by atoms with Crippen LogP contribution >= 0.6 is 23.2 Å². The van der Waals surface area contributed by atoms with Gasteiger partial charge in [-0.2, -0.15) is 12.7 Å². The largest absolute Gasteiger partial charge is 0.352 e. The molecule has 2 aromatic rings. The van der Waals surface area contributed by atoms with Crippen LogP contribution in [0.5, 0.6) is 0 Å². The molecule has 1 N–H and O–H groups in total. The summed E-state index contributed by atoms with van der Waals surface area (Å²) in [5.41, 5.74) is 0.917. The van der Waals surface area contributed by atoms with Crippen molar-refractivity contribution in [2.45, 2.75) is 45.8 Å². The quantitative estimate of drug-likeness (QED) is 0.465. The van der Waals surface area contributed by atoms with Crippen LogP contribution in [0.15, 0.2) is 48.5 Å². The number of rotatable bonds is 11. The van der Waals surface area contributed by atoms with E-state index in [-0.39, 0.29) is 18.5 Å². The Morgan fingerprint density at radius 3 is 2.17 bits per heavy atom. The molecule has 0 bridgehead atoms. The fraction of sp³-hybridized carbons (Fsp3) is 0.417. The van der Waals surface area contributed by atoms with Gasteiger partial charge in [0.05, 0.1) is 5.69 Å². The maximum Gasteiger partial charge on any atom is 0.304 e. The van der Waals surface area contributed by atoms with Gasteiger partial charge in [-0.3, -0.25) is 9.59 Å². The third-order valence-electron chi connectivity index (χ3n) is 5.24. The first-order chi connectivity index (χ1) is 16.4. The number of hydrogen-bond donors (Lipinski definition) is 1. The van der Waals surface area contributed by atoms with Crippen molar-refractivity contribution in [1.29, 1.82) is 0 Å². The average Bonchev–Trinajstić information content (AvgIpc) is 2.78. The van der Waals surface area contributed by atoms with Crippen LogP contribution in [0.1, 0.15) is 32.8 Å². The molecular formula is C24H32Cl2N4O4S. The zero-order valence-corrected chi connectivity index (χ0v) is 22.9. The monoisotopic (exact) mass is 542 g/mol. The summed E-state index contributed by atoms with van der Waals surface area (Å²) in [6.07, 6.45) is 0.321. The lowest BCUT2D eigenvalue weighted by Crippen LogP contribution is -2.54. The highest BCUT2D eigenvalue weighted by Crippen LogP contribution is 2.25. The highest BCUT2D eigenvalue weighted by molar-refractivity contribution is 7.90. The number of nitrogens with one attached hydrogen (secondary N) is 1. The second-order valence-electron chi connectivity index (χ2n) is 8.48. The summed E-state index contributed by atoms with van der Waals surface area (Å²) in [5, 5.41) is 3.63. The molecule has 0 unspecified atom stereocenters. The average molecular weight is 544 g/mol. The van der Waals surface area contributed by atoms with Crippen molar-refractivity contribution in [3.8, 4) is 0 Å². The number of amides is 2. The molecule has 0 spiro atoms. The number of halogens is 2. The smallest absolute Gasteiger partial charge is 0.304 e. The zero-order valence-electron chi connectivity index (χ0n) is 20.5. The molecule has 0 fully saturated rings. The summed E-state index contributed by atoms with van der Waals surface area (Å²) in [6, 6.07) is 12.3. The molecule has 0 aliphatic rings. The molecule has 2 rings (SSSR count). The molecule has 2 aromatic carbocycles. The topological polar surface area (TPSA) is 90.0 Å². The van der Waals surface area contributed by atoms with E-state index in [9.17, 15) is 18.0 Å².